The maximum Gasteiger partial charge on any atom is 0.332 e. The molecule has 0 aliphatic carbocycles. The van der Waals surface area contributed by atoms with Crippen molar-refractivity contribution < 1.29 is 4.92 Å². The van der Waals surface area contributed by atoms with Crippen LogP contribution in [-0.4, -0.2) is 14.9 Å². The number of nitrogens with one attached hydrogen (secondary N) is 2. The fraction of sp³-hybridized carbons (Fsp3) is 0.238. The van der Waals surface area contributed by atoms with E-state index in [2.05, 4.69) is 52.5 Å². The molecular formula is C21H21Br2N5O2. The fourth-order valence-electron chi connectivity index (χ4n) is 2.93. The monoisotopic (exact) mass is 533 g/mol. The van der Waals surface area contributed by atoms with Gasteiger partial charge in [0.1, 0.15) is 5.69 Å². The molecule has 1 heterocycles. The number of benzene rings is 2. The van der Waals surface area contributed by atoms with Crippen molar-refractivity contribution in [3.8, 4) is 0 Å². The molecule has 0 fully saturated rings. The van der Waals surface area contributed by atoms with Gasteiger partial charge < -0.3 is 10.6 Å². The van der Waals surface area contributed by atoms with E-state index < -0.39 is 4.92 Å². The minimum atomic E-state index is -0.470. The number of anilines is 4. The van der Waals surface area contributed by atoms with Crippen LogP contribution in [-0.2, 0) is 0 Å². The zero-order valence-corrected chi connectivity index (χ0v) is 20.4. The van der Waals surface area contributed by atoms with E-state index in [0.717, 1.165) is 36.9 Å². The van der Waals surface area contributed by atoms with Gasteiger partial charge in [-0.05, 0) is 113 Å². The van der Waals surface area contributed by atoms with E-state index in [-0.39, 0.29) is 23.1 Å². The Morgan fingerprint density at radius 2 is 1.27 bits per heavy atom. The summed E-state index contributed by atoms with van der Waals surface area (Å²) in [5.41, 5.74) is 6.01. The molecule has 7 nitrogen and oxygen atoms in total. The zero-order chi connectivity index (χ0) is 22.2. The fourth-order valence-corrected chi connectivity index (χ4v) is 4.04. The second kappa shape index (κ2) is 8.69. The number of nitro groups is 1. The highest BCUT2D eigenvalue weighted by molar-refractivity contribution is 9.11. The molecule has 0 amide bonds. The Morgan fingerprint density at radius 3 is 1.77 bits per heavy atom. The van der Waals surface area contributed by atoms with Crippen LogP contribution in [0.5, 0.6) is 0 Å². The van der Waals surface area contributed by atoms with Crippen LogP contribution in [0.1, 0.15) is 27.9 Å². The van der Waals surface area contributed by atoms with Crippen LogP contribution in [0.2, 0.25) is 0 Å². The Morgan fingerprint density at radius 1 is 0.800 bits per heavy atom. The first-order valence-corrected chi connectivity index (χ1v) is 10.8. The topological polar surface area (TPSA) is 93.0 Å². The van der Waals surface area contributed by atoms with Gasteiger partial charge in [0.05, 0.1) is 16.3 Å². The SMILES string of the molecule is Cc1cc(Br)c(Nc2nc(C)c([N+](=O)[O-])c(Nc3cc(C)c(C)cc3Br)n2)cc1C. The van der Waals surface area contributed by atoms with Crippen LogP contribution in [0.4, 0.5) is 28.8 Å². The number of nitrogens with zero attached hydrogens (tertiary/aromatic N) is 3. The summed E-state index contributed by atoms with van der Waals surface area (Å²) in [5.74, 6) is 0.392. The smallest absolute Gasteiger partial charge is 0.332 e. The molecule has 30 heavy (non-hydrogen) atoms. The highest BCUT2D eigenvalue weighted by Crippen LogP contribution is 2.35. The van der Waals surface area contributed by atoms with Gasteiger partial charge in [0.15, 0.2) is 0 Å². The molecule has 0 unspecified atom stereocenters. The molecule has 3 aromatic rings. The number of aryl methyl sites for hydroxylation is 5. The van der Waals surface area contributed by atoms with Crippen molar-refractivity contribution in [3.63, 3.8) is 0 Å². The highest BCUT2D eigenvalue weighted by Gasteiger charge is 2.23. The van der Waals surface area contributed by atoms with Crippen LogP contribution in [0, 0.1) is 44.7 Å². The summed E-state index contributed by atoms with van der Waals surface area (Å²) in [7, 11) is 0. The normalized spacial score (nSPS) is 10.8. The first-order chi connectivity index (χ1) is 14.1. The molecule has 0 spiro atoms. The standard InChI is InChI=1S/C21H21Br2N5O2/c1-10-6-15(22)17(8-12(10)3)25-20-19(28(29)30)14(5)24-21(27-20)26-18-9-13(4)11(2)7-16(18)23/h6-9H,1-5H3,(H2,24,25,26,27). The molecule has 0 saturated heterocycles. The average Bonchev–Trinajstić information content (AvgIpc) is 2.63. The van der Waals surface area contributed by atoms with E-state index in [9.17, 15) is 10.1 Å². The van der Waals surface area contributed by atoms with Gasteiger partial charge in [0, 0.05) is 8.95 Å². The minimum absolute atomic E-state index is 0.124. The van der Waals surface area contributed by atoms with Crippen LogP contribution in [0.3, 0.4) is 0 Å². The second-order valence-corrected chi connectivity index (χ2v) is 8.88. The van der Waals surface area contributed by atoms with Crippen molar-refractivity contribution in [1.29, 1.82) is 0 Å². The average molecular weight is 535 g/mol. The third-order valence-electron chi connectivity index (χ3n) is 4.91. The van der Waals surface area contributed by atoms with Crippen molar-refractivity contribution in [3.05, 3.63) is 71.3 Å². The summed E-state index contributed by atoms with van der Waals surface area (Å²) in [6.45, 7) is 9.63. The van der Waals surface area contributed by atoms with Crippen molar-refractivity contribution in [2.75, 3.05) is 10.6 Å². The van der Waals surface area contributed by atoms with Crippen molar-refractivity contribution in [2.24, 2.45) is 0 Å². The van der Waals surface area contributed by atoms with E-state index in [4.69, 9.17) is 0 Å². The molecule has 2 N–H and O–H groups in total. The van der Waals surface area contributed by atoms with Gasteiger partial charge in [0.2, 0.25) is 11.8 Å². The Hall–Kier alpha value is -2.52. The molecule has 3 rings (SSSR count). The summed E-state index contributed by atoms with van der Waals surface area (Å²) in [6, 6.07) is 7.87. The summed E-state index contributed by atoms with van der Waals surface area (Å²) in [4.78, 5) is 19.9. The van der Waals surface area contributed by atoms with E-state index in [1.165, 1.54) is 0 Å². The minimum Gasteiger partial charge on any atom is -0.333 e. The summed E-state index contributed by atoms with van der Waals surface area (Å²) < 4.78 is 1.65. The van der Waals surface area contributed by atoms with Crippen LogP contribution >= 0.6 is 31.9 Å². The Labute approximate surface area is 191 Å². The van der Waals surface area contributed by atoms with Gasteiger partial charge in [-0.2, -0.15) is 4.98 Å². The lowest BCUT2D eigenvalue weighted by molar-refractivity contribution is -0.385. The van der Waals surface area contributed by atoms with E-state index in [0.29, 0.717) is 5.69 Å². The number of aromatic nitrogens is 2. The van der Waals surface area contributed by atoms with Crippen LogP contribution in [0.15, 0.2) is 33.2 Å². The molecule has 0 aliphatic rings. The predicted octanol–water partition coefficient (Wildman–Crippen LogP) is 6.94. The van der Waals surface area contributed by atoms with Gasteiger partial charge in [-0.15, -0.1) is 0 Å². The Balaban J connectivity index is 2.07. The van der Waals surface area contributed by atoms with E-state index in [1.807, 2.05) is 52.0 Å². The van der Waals surface area contributed by atoms with Crippen LogP contribution in [0.25, 0.3) is 0 Å². The molecule has 1 aromatic heterocycles. The second-order valence-electron chi connectivity index (χ2n) is 7.17. The first kappa shape index (κ1) is 22.2. The molecule has 0 bridgehead atoms. The molecule has 0 atom stereocenters. The summed E-state index contributed by atoms with van der Waals surface area (Å²) in [6.07, 6.45) is 0. The first-order valence-electron chi connectivity index (χ1n) is 9.17. The number of hydrogen-bond donors (Lipinski definition) is 2. The van der Waals surface area contributed by atoms with Gasteiger partial charge in [-0.1, -0.05) is 0 Å². The van der Waals surface area contributed by atoms with Gasteiger partial charge in [0.25, 0.3) is 0 Å². The van der Waals surface area contributed by atoms with Crippen molar-refractivity contribution in [1.82, 2.24) is 9.97 Å². The molecule has 9 heteroatoms. The predicted molar refractivity (Wildman–Crippen MR) is 127 cm³/mol. The Bertz CT molecular complexity index is 1160. The number of rotatable bonds is 5. The molecule has 0 radical (unpaired) electrons. The lowest BCUT2D eigenvalue weighted by Gasteiger charge is -2.14. The summed E-state index contributed by atoms with van der Waals surface area (Å²) >= 11 is 7.06. The number of halogens is 2. The van der Waals surface area contributed by atoms with Gasteiger partial charge >= 0.3 is 5.69 Å². The van der Waals surface area contributed by atoms with E-state index in [1.54, 1.807) is 6.92 Å². The highest BCUT2D eigenvalue weighted by atomic mass is 79.9. The quantitative estimate of drug-likeness (QED) is 0.272. The molecule has 0 aliphatic heterocycles. The molecule has 0 saturated carbocycles. The van der Waals surface area contributed by atoms with Gasteiger partial charge in [-0.3, -0.25) is 10.1 Å². The van der Waals surface area contributed by atoms with E-state index >= 15 is 0 Å². The maximum atomic E-state index is 11.7. The molecular weight excluding hydrogens is 514 g/mol. The third kappa shape index (κ3) is 4.62. The van der Waals surface area contributed by atoms with Crippen LogP contribution < -0.4 is 10.6 Å². The lowest BCUT2D eigenvalue weighted by Crippen LogP contribution is -2.08. The van der Waals surface area contributed by atoms with Crippen molar-refractivity contribution in [2.45, 2.75) is 34.6 Å². The van der Waals surface area contributed by atoms with Crippen molar-refractivity contribution >= 4 is 60.7 Å². The Kier molecular flexibility index (Phi) is 6.42. The lowest BCUT2D eigenvalue weighted by atomic mass is 10.1. The number of hydrogen-bond acceptors (Lipinski definition) is 6. The largest absolute Gasteiger partial charge is 0.333 e. The summed E-state index contributed by atoms with van der Waals surface area (Å²) in [5, 5.41) is 18.0. The maximum absolute atomic E-state index is 11.7. The third-order valence-corrected chi connectivity index (χ3v) is 6.22. The zero-order valence-electron chi connectivity index (χ0n) is 17.2. The molecule has 156 valence electrons. The molecule has 2 aromatic carbocycles. The van der Waals surface area contributed by atoms with Gasteiger partial charge in [-0.25, -0.2) is 4.98 Å².